The molecule has 3 N–H and O–H groups in total. The van der Waals surface area contributed by atoms with E-state index in [1.165, 1.54) is 32.3 Å². The van der Waals surface area contributed by atoms with Crippen molar-refractivity contribution in [2.45, 2.75) is 134 Å². The molecule has 24 heteroatoms. The molecule has 0 bridgehead atoms. The quantitative estimate of drug-likeness (QED) is 0.0894. The van der Waals surface area contributed by atoms with Gasteiger partial charge in [-0.3, -0.25) is 43.0 Å². The Balaban J connectivity index is 0.988. The molecule has 366 valence electrons. The lowest BCUT2D eigenvalue weighted by molar-refractivity contribution is -0.0296. The van der Waals surface area contributed by atoms with E-state index in [0.29, 0.717) is 46.5 Å². The van der Waals surface area contributed by atoms with Gasteiger partial charge in [-0.1, -0.05) is 48.3 Å². The fourth-order valence-electron chi connectivity index (χ4n) is 9.02. The van der Waals surface area contributed by atoms with E-state index >= 15 is 0 Å². The Labute approximate surface area is 398 Å². The van der Waals surface area contributed by atoms with E-state index in [-0.39, 0.29) is 25.7 Å². The third-order valence-corrected chi connectivity index (χ3v) is 13.5. The predicted molar refractivity (Wildman–Crippen MR) is 251 cm³/mol. The van der Waals surface area contributed by atoms with Crippen molar-refractivity contribution >= 4 is 14.0 Å². The maximum atomic E-state index is 13.3. The van der Waals surface area contributed by atoms with E-state index in [9.17, 15) is 33.6 Å². The third kappa shape index (κ3) is 10.2. The molecule has 0 saturated carbocycles. The minimum Gasteiger partial charge on any atom is -0.456 e. The summed E-state index contributed by atoms with van der Waals surface area (Å²) in [6, 6.07) is 7.54. The molecule has 1 aromatic carbocycles. The number of nitrogens with zero attached hydrogens (tertiary/aromatic N) is 9. The van der Waals surface area contributed by atoms with Crippen LogP contribution < -0.4 is 33.7 Å². The summed E-state index contributed by atoms with van der Waals surface area (Å²) in [5.41, 5.74) is 2.23. The number of benzene rings is 1. The van der Waals surface area contributed by atoms with Gasteiger partial charge in [-0.25, -0.2) is 28.5 Å². The number of hydrogen-bond acceptors (Lipinski definition) is 15. The minimum atomic E-state index is -1.73. The topological polar surface area (TPSA) is 280 Å². The number of carbonyl (C=O) groups excluding carboxylic acids is 1. The number of aromatic nitrogens is 12. The number of esters is 1. The highest BCUT2D eigenvalue weighted by atomic mass is 28.3. The highest BCUT2D eigenvalue weighted by Gasteiger charge is 2.43. The number of nitrogens with one attached hydrogen (secondary N) is 3. The highest BCUT2D eigenvalue weighted by molar-refractivity contribution is 6.83. The minimum absolute atomic E-state index is 0.0998. The molecule has 6 aromatic rings. The predicted octanol–water partition coefficient (Wildman–Crippen LogP) is 1.67. The average molecular weight is 977 g/mol. The van der Waals surface area contributed by atoms with E-state index in [4.69, 9.17) is 18.9 Å². The Kier molecular flexibility index (Phi) is 13.1. The summed E-state index contributed by atoms with van der Waals surface area (Å²) in [6.07, 6.45) is 3.95. The lowest BCUT2D eigenvalue weighted by atomic mass is 10.0. The number of aryl methyl sites for hydroxylation is 3. The van der Waals surface area contributed by atoms with Gasteiger partial charge < -0.3 is 18.9 Å². The molecule has 3 fully saturated rings. The van der Waals surface area contributed by atoms with Gasteiger partial charge in [0.15, 0.2) is 0 Å². The standard InChI is InChI=1S/C46H52N12O11Si/c1-25-20-54(44(63)47-40(25)59)37-17-31(33(66-37)13-10-14-70(4,5)6)57-23-29(50-52-57)15-34-32(18-38(67-34)55-21-26(2)41(60)48-45(55)64)58-24-30(51-53-58)16-35-36(69-43(62)28-11-8-7-9-12-28)19-39(68-35)56-22-27(3)42(61)49-46(56)65/h7-9,11-12,20-24,31-39H,13,15-19H2,1-6H3,(H,47,59,63)(H,48,60,64)(H,49,61,65)/t31-,32-,33+,34+,35+,36-,37+,38+,39+/m0/s1. The fraction of sp³-hybridized carbons (Fsp3) is 0.457. The lowest BCUT2D eigenvalue weighted by Crippen LogP contribution is -2.33. The molecule has 5 aromatic heterocycles. The molecule has 0 spiro atoms. The summed E-state index contributed by atoms with van der Waals surface area (Å²) < 4.78 is 32.8. The second kappa shape index (κ2) is 19.2. The van der Waals surface area contributed by atoms with Gasteiger partial charge in [-0.05, 0) is 32.9 Å². The Morgan fingerprint density at radius 1 is 0.643 bits per heavy atom. The molecule has 0 radical (unpaired) electrons. The maximum absolute atomic E-state index is 13.3. The number of H-pyrrole nitrogens is 3. The first-order valence-electron chi connectivity index (χ1n) is 22.9. The SMILES string of the molecule is Cc1cn([C@H]2C[C@H](OC(=O)c3ccccc3)[C@@H](Cc3cn([C@H]4C[C@H](n5cc(C)c(=O)[nH]c5=O)O[C@@H]4Cc4cn([C@H]5C[C@H](n6cc(C)c(=O)[nH]c6=O)O[C@@H]5CC#C[Si](C)(C)C)nn4)nn3)O2)c(=O)[nH]c1=O. The molecular formula is C46H52N12O11Si. The summed E-state index contributed by atoms with van der Waals surface area (Å²) >= 11 is 0. The zero-order chi connectivity index (χ0) is 49.6. The van der Waals surface area contributed by atoms with Crippen molar-refractivity contribution in [2.75, 3.05) is 0 Å². The Morgan fingerprint density at radius 3 is 1.59 bits per heavy atom. The number of hydrogen-bond donors (Lipinski definition) is 3. The van der Waals surface area contributed by atoms with Gasteiger partial charge in [0.25, 0.3) is 16.7 Å². The summed E-state index contributed by atoms with van der Waals surface area (Å²) in [5.74, 6) is 2.71. The third-order valence-electron chi connectivity index (χ3n) is 12.6. The Bertz CT molecular complexity index is 3370. The van der Waals surface area contributed by atoms with E-state index in [2.05, 4.69) is 66.7 Å². The van der Waals surface area contributed by atoms with Crippen LogP contribution in [0, 0.1) is 32.2 Å². The van der Waals surface area contributed by atoms with Gasteiger partial charge in [0.05, 0.1) is 41.2 Å². The van der Waals surface area contributed by atoms with Crippen LogP contribution in [0.25, 0.3) is 0 Å². The molecule has 70 heavy (non-hydrogen) atoms. The van der Waals surface area contributed by atoms with E-state index in [1.54, 1.807) is 72.9 Å². The van der Waals surface area contributed by atoms with Crippen LogP contribution in [-0.2, 0) is 31.8 Å². The van der Waals surface area contributed by atoms with E-state index in [1.807, 2.05) is 0 Å². The molecule has 0 unspecified atom stereocenters. The summed E-state index contributed by atoms with van der Waals surface area (Å²) in [4.78, 5) is 96.2. The second-order valence-electron chi connectivity index (χ2n) is 19.0. The zero-order valence-electron chi connectivity index (χ0n) is 39.2. The monoisotopic (exact) mass is 976 g/mol. The molecule has 3 aliphatic rings. The van der Waals surface area contributed by atoms with Gasteiger partial charge in [0.1, 0.15) is 39.0 Å². The second-order valence-corrected chi connectivity index (χ2v) is 23.8. The van der Waals surface area contributed by atoms with Gasteiger partial charge in [0.2, 0.25) is 0 Å². The van der Waals surface area contributed by atoms with E-state index in [0.717, 1.165) is 0 Å². The van der Waals surface area contributed by atoms with Crippen LogP contribution in [0.4, 0.5) is 0 Å². The first-order valence-corrected chi connectivity index (χ1v) is 26.4. The van der Waals surface area contributed by atoms with Crippen molar-refractivity contribution in [3.05, 3.63) is 157 Å². The van der Waals surface area contributed by atoms with Crippen LogP contribution in [0.15, 0.2) is 90.1 Å². The van der Waals surface area contributed by atoms with Crippen LogP contribution in [0.3, 0.4) is 0 Å². The molecular weight excluding hydrogens is 925 g/mol. The number of carbonyl (C=O) groups is 1. The number of aromatic amines is 3. The molecule has 0 amide bonds. The number of rotatable bonds is 12. The van der Waals surface area contributed by atoms with Crippen molar-refractivity contribution in [2.24, 2.45) is 0 Å². The van der Waals surface area contributed by atoms with Crippen molar-refractivity contribution < 1.29 is 23.7 Å². The molecule has 0 aliphatic carbocycles. The average Bonchev–Trinajstić information content (AvgIpc) is 4.17. The van der Waals surface area contributed by atoms with Crippen molar-refractivity contribution in [3.63, 3.8) is 0 Å². The van der Waals surface area contributed by atoms with Crippen LogP contribution in [-0.4, -0.2) is 97.1 Å². The van der Waals surface area contributed by atoms with Crippen molar-refractivity contribution in [1.29, 1.82) is 0 Å². The largest absolute Gasteiger partial charge is 0.456 e. The summed E-state index contributed by atoms with van der Waals surface area (Å²) in [6.45, 7) is 11.2. The smallest absolute Gasteiger partial charge is 0.338 e. The molecule has 3 saturated heterocycles. The van der Waals surface area contributed by atoms with Gasteiger partial charge in [0, 0.05) is 86.2 Å². The first kappa shape index (κ1) is 47.7. The van der Waals surface area contributed by atoms with Gasteiger partial charge in [-0.2, -0.15) is 0 Å². The number of ether oxygens (including phenoxy) is 4. The van der Waals surface area contributed by atoms with Crippen LogP contribution >= 0.6 is 0 Å². The maximum Gasteiger partial charge on any atom is 0.338 e. The molecule has 9 rings (SSSR count). The highest BCUT2D eigenvalue weighted by Crippen LogP contribution is 2.40. The molecule has 23 nitrogen and oxygen atoms in total. The normalized spacial score (nSPS) is 24.4. The van der Waals surface area contributed by atoms with Gasteiger partial charge >= 0.3 is 23.0 Å². The fourth-order valence-corrected chi connectivity index (χ4v) is 9.65. The lowest BCUT2D eigenvalue weighted by Gasteiger charge is -2.18. The summed E-state index contributed by atoms with van der Waals surface area (Å²) in [5, 5.41) is 18.0. The van der Waals surface area contributed by atoms with Crippen LogP contribution in [0.1, 0.15) is 94.9 Å². The Morgan fingerprint density at radius 2 is 1.09 bits per heavy atom. The zero-order valence-corrected chi connectivity index (χ0v) is 40.2. The molecule has 3 aliphatic heterocycles. The molecule has 8 heterocycles. The Hall–Kier alpha value is -7.33. The van der Waals surface area contributed by atoms with Crippen molar-refractivity contribution in [1.82, 2.24) is 58.6 Å². The van der Waals surface area contributed by atoms with Crippen LogP contribution in [0.5, 0.6) is 0 Å². The summed E-state index contributed by atoms with van der Waals surface area (Å²) in [7, 11) is -1.73. The first-order chi connectivity index (χ1) is 33.4. The molecule has 9 atom stereocenters. The van der Waals surface area contributed by atoms with Crippen molar-refractivity contribution in [3.8, 4) is 11.5 Å². The van der Waals surface area contributed by atoms with Gasteiger partial charge in [-0.15, -0.1) is 21.7 Å². The van der Waals surface area contributed by atoms with E-state index < -0.39 is 103 Å². The van der Waals surface area contributed by atoms with Crippen LogP contribution in [0.2, 0.25) is 19.6 Å².